The highest BCUT2D eigenvalue weighted by Gasteiger charge is 2.37. The fourth-order valence-electron chi connectivity index (χ4n) is 3.61. The Bertz CT molecular complexity index is 296. The van der Waals surface area contributed by atoms with Crippen LogP contribution in [0.1, 0.15) is 58.8 Å². The van der Waals surface area contributed by atoms with Gasteiger partial charge in [0.1, 0.15) is 0 Å². The van der Waals surface area contributed by atoms with Crippen molar-refractivity contribution in [2.45, 2.75) is 70.9 Å². The van der Waals surface area contributed by atoms with Gasteiger partial charge < -0.3 is 10.2 Å². The first kappa shape index (κ1) is 17.6. The van der Waals surface area contributed by atoms with Crippen molar-refractivity contribution >= 4 is 11.8 Å². The average molecular weight is 313 g/mol. The predicted octanol–water partition coefficient (Wildman–Crippen LogP) is 4.01. The van der Waals surface area contributed by atoms with Gasteiger partial charge in [-0.25, -0.2) is 0 Å². The van der Waals surface area contributed by atoms with E-state index < -0.39 is 0 Å². The zero-order chi connectivity index (χ0) is 15.3. The number of hydrogen-bond donors (Lipinski definition) is 1. The van der Waals surface area contributed by atoms with Crippen molar-refractivity contribution in [3.63, 3.8) is 0 Å². The monoisotopic (exact) mass is 312 g/mol. The number of rotatable bonds is 9. The molecule has 124 valence electrons. The first-order valence-corrected chi connectivity index (χ1v) is 10.4. The predicted molar refractivity (Wildman–Crippen MR) is 96.2 cm³/mol. The summed E-state index contributed by atoms with van der Waals surface area (Å²) in [4.78, 5) is 2.64. The molecule has 0 heterocycles. The molecule has 3 heteroatoms. The minimum atomic E-state index is 0.539. The van der Waals surface area contributed by atoms with Crippen molar-refractivity contribution in [1.82, 2.24) is 10.2 Å². The van der Waals surface area contributed by atoms with Crippen molar-refractivity contribution in [3.8, 4) is 0 Å². The lowest BCUT2D eigenvalue weighted by Gasteiger charge is -2.43. The van der Waals surface area contributed by atoms with E-state index in [0.717, 1.165) is 18.0 Å². The maximum Gasteiger partial charge on any atom is 0.00719 e. The van der Waals surface area contributed by atoms with E-state index in [1.165, 1.54) is 63.8 Å². The zero-order valence-corrected chi connectivity index (χ0v) is 15.5. The maximum atomic E-state index is 3.84. The second-order valence-corrected chi connectivity index (χ2v) is 8.87. The molecule has 1 unspecified atom stereocenters. The van der Waals surface area contributed by atoms with Crippen LogP contribution in [0.3, 0.4) is 0 Å². The molecule has 0 aromatic carbocycles. The third kappa shape index (κ3) is 5.76. The van der Waals surface area contributed by atoms with E-state index in [9.17, 15) is 0 Å². The highest BCUT2D eigenvalue weighted by atomic mass is 32.2. The van der Waals surface area contributed by atoms with Gasteiger partial charge in [-0.15, -0.1) is 0 Å². The number of hydrogen-bond acceptors (Lipinski definition) is 3. The van der Waals surface area contributed by atoms with Crippen molar-refractivity contribution in [1.29, 1.82) is 0 Å². The Kier molecular flexibility index (Phi) is 6.89. The summed E-state index contributed by atoms with van der Waals surface area (Å²) in [5, 5.41) is 3.84. The summed E-state index contributed by atoms with van der Waals surface area (Å²) in [5.74, 6) is 2.23. The van der Waals surface area contributed by atoms with Gasteiger partial charge in [0.25, 0.3) is 0 Å². The quantitative estimate of drug-likeness (QED) is 0.692. The number of nitrogens with zero attached hydrogens (tertiary/aromatic N) is 1. The molecule has 2 saturated carbocycles. The molecule has 0 aromatic heterocycles. The Morgan fingerprint density at radius 1 is 1.24 bits per heavy atom. The summed E-state index contributed by atoms with van der Waals surface area (Å²) in [6.07, 6.45) is 12.1. The molecule has 2 rings (SSSR count). The summed E-state index contributed by atoms with van der Waals surface area (Å²) in [5.41, 5.74) is 0.539. The first-order valence-electron chi connectivity index (χ1n) is 8.97. The van der Waals surface area contributed by atoms with Gasteiger partial charge in [0.15, 0.2) is 0 Å². The molecule has 2 fully saturated rings. The topological polar surface area (TPSA) is 15.3 Å². The van der Waals surface area contributed by atoms with Crippen LogP contribution >= 0.6 is 11.8 Å². The summed E-state index contributed by atoms with van der Waals surface area (Å²) in [7, 11) is 2.35. The summed E-state index contributed by atoms with van der Waals surface area (Å²) in [6, 6.07) is 1.56. The van der Waals surface area contributed by atoms with Crippen LogP contribution in [-0.2, 0) is 0 Å². The largest absolute Gasteiger partial charge is 0.313 e. The minimum Gasteiger partial charge on any atom is -0.313 e. The van der Waals surface area contributed by atoms with E-state index in [-0.39, 0.29) is 0 Å². The van der Waals surface area contributed by atoms with Crippen molar-refractivity contribution < 1.29 is 0 Å². The molecule has 0 aliphatic heterocycles. The van der Waals surface area contributed by atoms with Crippen LogP contribution in [-0.4, -0.2) is 49.1 Å². The summed E-state index contributed by atoms with van der Waals surface area (Å²) < 4.78 is 0. The molecule has 2 aliphatic rings. The second-order valence-electron chi connectivity index (χ2n) is 7.88. The Labute approximate surface area is 136 Å². The molecule has 0 spiro atoms. The van der Waals surface area contributed by atoms with E-state index >= 15 is 0 Å². The van der Waals surface area contributed by atoms with Crippen LogP contribution < -0.4 is 5.32 Å². The van der Waals surface area contributed by atoms with Crippen molar-refractivity contribution in [2.75, 3.05) is 32.1 Å². The van der Waals surface area contributed by atoms with Crippen LogP contribution in [0.5, 0.6) is 0 Å². The van der Waals surface area contributed by atoms with Crippen molar-refractivity contribution in [3.05, 3.63) is 0 Å². The highest BCUT2D eigenvalue weighted by molar-refractivity contribution is 7.98. The molecule has 1 N–H and O–H groups in total. The van der Waals surface area contributed by atoms with Crippen LogP contribution in [0.25, 0.3) is 0 Å². The van der Waals surface area contributed by atoms with Gasteiger partial charge in [-0.05, 0) is 69.4 Å². The van der Waals surface area contributed by atoms with Gasteiger partial charge in [0.05, 0.1) is 0 Å². The Morgan fingerprint density at radius 3 is 2.48 bits per heavy atom. The van der Waals surface area contributed by atoms with Gasteiger partial charge in [-0.1, -0.05) is 19.8 Å². The SMILES string of the molecule is CSCCC(C)N(C)CC1(CNC2CC2)CCC(C)CC1. The fourth-order valence-corrected chi connectivity index (χ4v) is 4.18. The van der Waals surface area contributed by atoms with Gasteiger partial charge in [-0.3, -0.25) is 0 Å². The van der Waals surface area contributed by atoms with Gasteiger partial charge in [-0.2, -0.15) is 11.8 Å². The third-order valence-corrected chi connectivity index (χ3v) is 6.40. The molecule has 0 bridgehead atoms. The van der Waals surface area contributed by atoms with Gasteiger partial charge >= 0.3 is 0 Å². The molecule has 0 saturated heterocycles. The number of thioether (sulfide) groups is 1. The lowest BCUT2D eigenvalue weighted by atomic mass is 9.70. The Hall–Kier alpha value is 0.270. The molecule has 0 amide bonds. The summed E-state index contributed by atoms with van der Waals surface area (Å²) in [6.45, 7) is 7.38. The lowest BCUT2D eigenvalue weighted by Crippen LogP contribution is -2.47. The maximum absolute atomic E-state index is 3.84. The molecule has 0 aromatic rings. The van der Waals surface area contributed by atoms with Crippen LogP contribution in [0.4, 0.5) is 0 Å². The van der Waals surface area contributed by atoms with Crippen LogP contribution in [0.2, 0.25) is 0 Å². The zero-order valence-electron chi connectivity index (χ0n) is 14.7. The number of nitrogens with one attached hydrogen (secondary N) is 1. The standard InChI is InChI=1S/C18H36N2S/c1-15-7-10-18(11-8-15,13-19-17-5-6-17)14-20(3)16(2)9-12-21-4/h15-17,19H,5-14H2,1-4H3. The van der Waals surface area contributed by atoms with E-state index in [2.05, 4.69) is 37.4 Å². The molecule has 2 nitrogen and oxygen atoms in total. The molecular weight excluding hydrogens is 276 g/mol. The van der Waals surface area contributed by atoms with E-state index in [4.69, 9.17) is 0 Å². The first-order chi connectivity index (χ1) is 10.0. The average Bonchev–Trinajstić information content (AvgIpc) is 3.30. The lowest BCUT2D eigenvalue weighted by molar-refractivity contribution is 0.0810. The molecule has 0 radical (unpaired) electrons. The van der Waals surface area contributed by atoms with Crippen LogP contribution in [0.15, 0.2) is 0 Å². The van der Waals surface area contributed by atoms with Gasteiger partial charge in [0, 0.05) is 25.2 Å². The summed E-state index contributed by atoms with van der Waals surface area (Å²) >= 11 is 1.98. The Morgan fingerprint density at radius 2 is 1.90 bits per heavy atom. The van der Waals surface area contributed by atoms with Crippen molar-refractivity contribution in [2.24, 2.45) is 11.3 Å². The molecule has 2 aliphatic carbocycles. The second kappa shape index (κ2) is 8.21. The van der Waals surface area contributed by atoms with Crippen LogP contribution in [0, 0.1) is 11.3 Å². The normalized spacial score (nSPS) is 31.6. The molecule has 21 heavy (non-hydrogen) atoms. The van der Waals surface area contributed by atoms with E-state index in [1.54, 1.807) is 0 Å². The smallest absolute Gasteiger partial charge is 0.00719 e. The third-order valence-electron chi connectivity index (χ3n) is 5.76. The van der Waals surface area contributed by atoms with E-state index in [0.29, 0.717) is 5.41 Å². The van der Waals surface area contributed by atoms with E-state index in [1.807, 2.05) is 11.8 Å². The van der Waals surface area contributed by atoms with Gasteiger partial charge in [0.2, 0.25) is 0 Å². The Balaban J connectivity index is 1.87. The molecular formula is C18H36N2S. The minimum absolute atomic E-state index is 0.539. The fraction of sp³-hybridized carbons (Fsp3) is 1.00. The highest BCUT2D eigenvalue weighted by Crippen LogP contribution is 2.40. The molecule has 1 atom stereocenters.